The molecule has 2 aromatic rings. The third kappa shape index (κ3) is 6.53. The summed E-state index contributed by atoms with van der Waals surface area (Å²) in [5.41, 5.74) is -0.215. The molecule has 1 aliphatic rings. The highest BCUT2D eigenvalue weighted by Crippen LogP contribution is 2.44. The smallest absolute Gasteiger partial charge is 0.416 e. The van der Waals surface area contributed by atoms with Gasteiger partial charge in [-0.1, -0.05) is 59.7 Å². The Balaban J connectivity index is 1.70. The van der Waals surface area contributed by atoms with Gasteiger partial charge >= 0.3 is 6.18 Å². The maximum atomic E-state index is 15.3. The number of nitrogens with zero attached hydrogens (tertiary/aromatic N) is 1. The van der Waals surface area contributed by atoms with Crippen LogP contribution in [0.15, 0.2) is 42.5 Å². The van der Waals surface area contributed by atoms with Gasteiger partial charge < -0.3 is 14.6 Å². The number of likely N-dealkylation sites (tertiary alicyclic amines) is 1. The Morgan fingerprint density at radius 2 is 1.38 bits per heavy atom. The van der Waals surface area contributed by atoms with E-state index in [0.29, 0.717) is 53.7 Å². The molecule has 218 valence electrons. The van der Waals surface area contributed by atoms with E-state index in [4.69, 9.17) is 4.43 Å². The van der Waals surface area contributed by atoms with Gasteiger partial charge in [-0.25, -0.2) is 4.39 Å². The summed E-state index contributed by atoms with van der Waals surface area (Å²) in [5.74, 6) is -0.270. The van der Waals surface area contributed by atoms with E-state index in [1.165, 1.54) is 18.2 Å². The minimum absolute atomic E-state index is 0.223. The molecule has 1 heterocycles. The average Bonchev–Trinajstić information content (AvgIpc) is 2.86. The lowest BCUT2D eigenvalue weighted by Crippen LogP contribution is -2.50. The fourth-order valence-electron chi connectivity index (χ4n) is 6.37. The molecule has 2 atom stereocenters. The molecule has 0 aliphatic carbocycles. The molecule has 2 aromatic carbocycles. The van der Waals surface area contributed by atoms with Crippen LogP contribution in [-0.4, -0.2) is 42.6 Å². The molecule has 0 amide bonds. The zero-order valence-corrected chi connectivity index (χ0v) is 25.0. The monoisotopic (exact) mass is 569 g/mol. The van der Waals surface area contributed by atoms with E-state index in [2.05, 4.69) is 41.5 Å². The van der Waals surface area contributed by atoms with Crippen LogP contribution in [0.4, 0.5) is 17.6 Å². The molecule has 0 aromatic heterocycles. The lowest BCUT2D eigenvalue weighted by atomic mass is 9.83. The van der Waals surface area contributed by atoms with Crippen LogP contribution >= 0.6 is 0 Å². The van der Waals surface area contributed by atoms with Crippen molar-refractivity contribution >= 4 is 8.32 Å². The van der Waals surface area contributed by atoms with Crippen molar-refractivity contribution in [3.63, 3.8) is 0 Å². The molecular weight excluding hydrogens is 526 g/mol. The maximum Gasteiger partial charge on any atom is 0.416 e. The third-order valence-electron chi connectivity index (χ3n) is 8.70. The fraction of sp³-hybridized carbons (Fsp3) is 0.600. The SMILES string of the molecule is CC(C(O)c1ccc(O[Si](C(C)C)(C(C)C)C(C)C)c(F)c1)N1CCC(O)(c2ccc(C(F)(F)F)cc2)CC1. The summed E-state index contributed by atoms with van der Waals surface area (Å²) in [5, 5.41) is 22.2. The molecule has 0 saturated carbocycles. The van der Waals surface area contributed by atoms with Gasteiger partial charge in [0.25, 0.3) is 8.32 Å². The number of benzene rings is 2. The molecule has 1 aliphatic heterocycles. The van der Waals surface area contributed by atoms with Crippen molar-refractivity contribution in [1.29, 1.82) is 0 Å². The first-order valence-electron chi connectivity index (χ1n) is 13.8. The van der Waals surface area contributed by atoms with Gasteiger partial charge in [-0.2, -0.15) is 13.2 Å². The number of halogens is 4. The standard InChI is InChI=1S/C30H43F4NO3Si/c1-19(2)39(20(3)4,21(5)6)38-27-13-8-23(18-26(27)31)28(36)22(7)35-16-14-29(37,15-17-35)24-9-11-25(12-10-24)30(32,33)34/h8-13,18-22,28,36-37H,14-17H2,1-7H3. The second kappa shape index (κ2) is 11.9. The van der Waals surface area contributed by atoms with Gasteiger partial charge in [-0.15, -0.1) is 0 Å². The molecular formula is C30H43F4NO3Si. The second-order valence-corrected chi connectivity index (χ2v) is 17.3. The van der Waals surface area contributed by atoms with Crippen molar-refractivity contribution in [1.82, 2.24) is 4.90 Å². The van der Waals surface area contributed by atoms with Crippen molar-refractivity contribution in [2.75, 3.05) is 13.1 Å². The van der Waals surface area contributed by atoms with Crippen LogP contribution in [-0.2, 0) is 11.8 Å². The van der Waals surface area contributed by atoms with Crippen LogP contribution in [0.25, 0.3) is 0 Å². The number of aliphatic hydroxyl groups excluding tert-OH is 1. The average molecular weight is 570 g/mol. The number of aliphatic hydroxyl groups is 2. The normalized spacial score (nSPS) is 18.6. The lowest BCUT2D eigenvalue weighted by molar-refractivity contribution is -0.137. The number of alkyl halides is 3. The Kier molecular flexibility index (Phi) is 9.63. The maximum absolute atomic E-state index is 15.3. The number of hydrogen-bond donors (Lipinski definition) is 2. The lowest BCUT2D eigenvalue weighted by Gasteiger charge is -2.43. The van der Waals surface area contributed by atoms with E-state index in [1.807, 2.05) is 11.8 Å². The predicted molar refractivity (Wildman–Crippen MR) is 149 cm³/mol. The van der Waals surface area contributed by atoms with Crippen LogP contribution in [0.3, 0.4) is 0 Å². The van der Waals surface area contributed by atoms with Crippen molar-refractivity contribution < 1.29 is 32.2 Å². The zero-order chi connectivity index (χ0) is 29.3. The van der Waals surface area contributed by atoms with Crippen molar-refractivity contribution in [2.24, 2.45) is 0 Å². The largest absolute Gasteiger partial charge is 0.541 e. The highest BCUT2D eigenvalue weighted by atomic mass is 28.4. The molecule has 0 spiro atoms. The summed E-state index contributed by atoms with van der Waals surface area (Å²) >= 11 is 0. The van der Waals surface area contributed by atoms with Crippen molar-refractivity contribution in [3.05, 3.63) is 65.0 Å². The fourth-order valence-corrected chi connectivity index (χ4v) is 11.6. The quantitative estimate of drug-likeness (QED) is 0.239. The first-order chi connectivity index (χ1) is 18.0. The Bertz CT molecular complexity index is 1070. The summed E-state index contributed by atoms with van der Waals surface area (Å²) in [6.07, 6.45) is -4.78. The molecule has 2 unspecified atom stereocenters. The van der Waals surface area contributed by atoms with Crippen LogP contribution in [0.2, 0.25) is 16.6 Å². The highest BCUT2D eigenvalue weighted by molar-refractivity contribution is 6.78. The van der Waals surface area contributed by atoms with Gasteiger partial charge in [-0.05, 0) is 71.8 Å². The van der Waals surface area contributed by atoms with Gasteiger partial charge in [0.15, 0.2) is 5.82 Å². The Morgan fingerprint density at radius 3 is 1.82 bits per heavy atom. The Hall–Kier alpha value is -1.94. The molecule has 1 saturated heterocycles. The number of piperidine rings is 1. The molecule has 1 fully saturated rings. The van der Waals surface area contributed by atoms with E-state index in [0.717, 1.165) is 12.1 Å². The molecule has 9 heteroatoms. The zero-order valence-electron chi connectivity index (χ0n) is 24.0. The van der Waals surface area contributed by atoms with Crippen molar-refractivity contribution in [3.8, 4) is 5.75 Å². The second-order valence-electron chi connectivity index (χ2n) is 11.9. The van der Waals surface area contributed by atoms with Crippen LogP contribution < -0.4 is 4.43 Å². The minimum Gasteiger partial charge on any atom is -0.541 e. The molecule has 39 heavy (non-hydrogen) atoms. The first-order valence-corrected chi connectivity index (χ1v) is 16.0. The van der Waals surface area contributed by atoms with Gasteiger partial charge in [0.1, 0.15) is 5.75 Å². The van der Waals surface area contributed by atoms with E-state index < -0.39 is 37.6 Å². The van der Waals surface area contributed by atoms with E-state index in [1.54, 1.807) is 12.1 Å². The van der Waals surface area contributed by atoms with Gasteiger partial charge in [0.05, 0.1) is 17.3 Å². The Labute approximate surface area is 231 Å². The van der Waals surface area contributed by atoms with Gasteiger partial charge in [0.2, 0.25) is 0 Å². The molecule has 0 bridgehead atoms. The highest BCUT2D eigenvalue weighted by Gasteiger charge is 2.47. The van der Waals surface area contributed by atoms with Crippen molar-refractivity contribution in [2.45, 2.75) is 102 Å². The summed E-state index contributed by atoms with van der Waals surface area (Å²) in [6.45, 7) is 15.6. The summed E-state index contributed by atoms with van der Waals surface area (Å²) < 4.78 is 60.5. The number of rotatable bonds is 9. The number of hydrogen-bond acceptors (Lipinski definition) is 4. The molecule has 3 rings (SSSR count). The van der Waals surface area contributed by atoms with Gasteiger partial charge in [-0.3, -0.25) is 4.90 Å². The van der Waals surface area contributed by atoms with Gasteiger partial charge in [0, 0.05) is 19.1 Å². The molecule has 4 nitrogen and oxygen atoms in total. The molecule has 0 radical (unpaired) electrons. The summed E-state index contributed by atoms with van der Waals surface area (Å²) in [4.78, 5) is 2.01. The van der Waals surface area contributed by atoms with Crippen LogP contribution in [0.5, 0.6) is 5.75 Å². The first kappa shape index (κ1) is 31.6. The van der Waals surface area contributed by atoms with E-state index >= 15 is 4.39 Å². The third-order valence-corrected chi connectivity index (χ3v) is 14.7. The van der Waals surface area contributed by atoms with Crippen LogP contribution in [0.1, 0.15) is 84.1 Å². The summed E-state index contributed by atoms with van der Waals surface area (Å²) in [7, 11) is -2.34. The minimum atomic E-state index is -4.43. The predicted octanol–water partition coefficient (Wildman–Crippen LogP) is 7.80. The summed E-state index contributed by atoms with van der Waals surface area (Å²) in [6, 6.07) is 8.96. The Morgan fingerprint density at radius 1 is 0.872 bits per heavy atom. The molecule has 2 N–H and O–H groups in total. The topological polar surface area (TPSA) is 52.9 Å². The van der Waals surface area contributed by atoms with E-state index in [9.17, 15) is 23.4 Å². The van der Waals surface area contributed by atoms with Crippen LogP contribution in [0, 0.1) is 5.82 Å². The van der Waals surface area contributed by atoms with E-state index in [-0.39, 0.29) is 11.8 Å².